The van der Waals surface area contributed by atoms with Crippen molar-refractivity contribution in [3.63, 3.8) is 0 Å². The van der Waals surface area contributed by atoms with Gasteiger partial charge in [0.1, 0.15) is 5.82 Å². The van der Waals surface area contributed by atoms with E-state index in [-0.39, 0.29) is 23.8 Å². The van der Waals surface area contributed by atoms with Crippen LogP contribution in [-0.4, -0.2) is 40.8 Å². The molecule has 1 saturated heterocycles. The van der Waals surface area contributed by atoms with Gasteiger partial charge >= 0.3 is 0 Å². The van der Waals surface area contributed by atoms with Gasteiger partial charge in [0, 0.05) is 23.5 Å². The molecule has 23 heavy (non-hydrogen) atoms. The average Bonchev–Trinajstić information content (AvgIpc) is 2.84. The molecule has 1 heterocycles. The molecule has 1 aliphatic heterocycles. The summed E-state index contributed by atoms with van der Waals surface area (Å²) in [4.78, 5) is 10.7. The second-order valence-electron chi connectivity index (χ2n) is 6.43. The summed E-state index contributed by atoms with van der Waals surface area (Å²) in [5, 5.41) is 17.7. The molecular weight excluding hydrogens is 321 g/mol. The second kappa shape index (κ2) is 8.08. The number of hydrogen-bond donors (Lipinski definition) is 2. The fraction of sp³-hybridized carbons (Fsp3) is 0.588. The number of hydrogen-bond acceptors (Lipinski definition) is 3. The van der Waals surface area contributed by atoms with Crippen molar-refractivity contribution in [2.75, 3.05) is 13.1 Å². The molecule has 0 aromatic heterocycles. The summed E-state index contributed by atoms with van der Waals surface area (Å²) >= 11 is 6.11. The number of rotatable bonds is 2. The predicted octanol–water partition coefficient (Wildman–Crippen LogP) is 3.31. The van der Waals surface area contributed by atoms with Crippen molar-refractivity contribution in [2.24, 2.45) is 5.41 Å². The van der Waals surface area contributed by atoms with E-state index in [1.54, 1.807) is 6.07 Å². The minimum Gasteiger partial charge on any atom is -0.483 e. The van der Waals surface area contributed by atoms with Gasteiger partial charge in [-0.3, -0.25) is 9.69 Å². The molecule has 128 valence electrons. The highest BCUT2D eigenvalue weighted by atomic mass is 35.5. The first-order chi connectivity index (χ1) is 11.0. The number of likely N-dealkylation sites (tertiary alicyclic amines) is 1. The van der Waals surface area contributed by atoms with E-state index in [1.165, 1.54) is 12.1 Å². The number of piperidine rings is 1. The Kier molecular flexibility index (Phi) is 6.39. The highest BCUT2D eigenvalue weighted by Crippen LogP contribution is 2.45. The van der Waals surface area contributed by atoms with Gasteiger partial charge in [-0.2, -0.15) is 0 Å². The Balaban J connectivity index is 0.000000595. The molecule has 2 N–H and O–H groups in total. The molecule has 1 aromatic carbocycles. The number of nitrogens with zero attached hydrogens (tertiary/aromatic N) is 1. The molecule has 1 aliphatic carbocycles. The molecule has 3 rings (SSSR count). The van der Waals surface area contributed by atoms with Crippen LogP contribution in [0, 0.1) is 11.2 Å². The van der Waals surface area contributed by atoms with E-state index in [9.17, 15) is 9.50 Å². The van der Waals surface area contributed by atoms with Crippen molar-refractivity contribution >= 4 is 18.1 Å². The lowest BCUT2D eigenvalue weighted by Gasteiger charge is -2.42. The minimum atomic E-state index is -0.292. The van der Waals surface area contributed by atoms with Crippen LogP contribution in [0.15, 0.2) is 18.2 Å². The summed E-state index contributed by atoms with van der Waals surface area (Å²) in [6.45, 7) is 2.46. The fourth-order valence-electron chi connectivity index (χ4n) is 3.88. The fourth-order valence-corrected chi connectivity index (χ4v) is 4.11. The first-order valence-electron chi connectivity index (χ1n) is 7.93. The standard InChI is InChI=1S/C16H21ClFNO.CH2O2/c17-14-9-13(18)5-4-12(14)10-19-8-2-7-16(11-19)6-1-3-15(16)20;2-1-3/h4-5,9,15,20H,1-3,6-8,10-11H2;1H,(H,2,3)/t15-,16+;/m1./s1. The smallest absolute Gasteiger partial charge is 0.290 e. The zero-order valence-corrected chi connectivity index (χ0v) is 13.8. The first-order valence-corrected chi connectivity index (χ1v) is 8.31. The van der Waals surface area contributed by atoms with Crippen LogP contribution >= 0.6 is 11.6 Å². The number of benzene rings is 1. The second-order valence-corrected chi connectivity index (χ2v) is 6.83. The average molecular weight is 344 g/mol. The highest BCUT2D eigenvalue weighted by Gasteiger charge is 2.44. The summed E-state index contributed by atoms with van der Waals surface area (Å²) in [6, 6.07) is 4.61. The van der Waals surface area contributed by atoms with Gasteiger partial charge in [-0.1, -0.05) is 24.1 Å². The molecule has 6 heteroatoms. The van der Waals surface area contributed by atoms with Crippen molar-refractivity contribution in [2.45, 2.75) is 44.8 Å². The third-order valence-electron chi connectivity index (χ3n) is 4.96. The minimum absolute atomic E-state index is 0.0881. The largest absolute Gasteiger partial charge is 0.483 e. The Morgan fingerprint density at radius 3 is 2.70 bits per heavy atom. The molecule has 4 nitrogen and oxygen atoms in total. The van der Waals surface area contributed by atoms with Crippen molar-refractivity contribution < 1.29 is 19.4 Å². The zero-order chi connectivity index (χ0) is 16.9. The van der Waals surface area contributed by atoms with E-state index in [0.29, 0.717) is 5.02 Å². The highest BCUT2D eigenvalue weighted by molar-refractivity contribution is 6.31. The van der Waals surface area contributed by atoms with Crippen molar-refractivity contribution in [3.8, 4) is 0 Å². The van der Waals surface area contributed by atoms with Gasteiger partial charge in [0.05, 0.1) is 6.10 Å². The molecule has 2 fully saturated rings. The number of carbonyl (C=O) groups is 1. The van der Waals surface area contributed by atoms with Crippen LogP contribution in [0.5, 0.6) is 0 Å². The van der Waals surface area contributed by atoms with Crippen LogP contribution in [-0.2, 0) is 11.3 Å². The maximum absolute atomic E-state index is 13.1. The number of aliphatic hydroxyl groups is 1. The zero-order valence-electron chi connectivity index (χ0n) is 13.0. The van der Waals surface area contributed by atoms with Crippen LogP contribution in [0.3, 0.4) is 0 Å². The van der Waals surface area contributed by atoms with Gasteiger partial charge < -0.3 is 10.2 Å². The Morgan fingerprint density at radius 1 is 1.39 bits per heavy atom. The lowest BCUT2D eigenvalue weighted by molar-refractivity contribution is -0.122. The molecular formula is C17H23ClFNO3. The monoisotopic (exact) mass is 343 g/mol. The van der Waals surface area contributed by atoms with Crippen LogP contribution in [0.2, 0.25) is 5.02 Å². The quantitative estimate of drug-likeness (QED) is 0.809. The molecule has 0 bridgehead atoms. The molecule has 2 atom stereocenters. The van der Waals surface area contributed by atoms with Crippen molar-refractivity contribution in [1.29, 1.82) is 0 Å². The SMILES string of the molecule is O=CO.O[C@@H]1CCC[C@@]12CCCN(Cc1ccc(F)cc1Cl)C2. The van der Waals surface area contributed by atoms with E-state index in [2.05, 4.69) is 4.90 Å². The van der Waals surface area contributed by atoms with Crippen LogP contribution in [0.1, 0.15) is 37.7 Å². The lowest BCUT2D eigenvalue weighted by atomic mass is 9.76. The van der Waals surface area contributed by atoms with Gasteiger partial charge in [-0.05, 0) is 49.9 Å². The molecule has 0 unspecified atom stereocenters. The van der Waals surface area contributed by atoms with Crippen LogP contribution in [0.4, 0.5) is 4.39 Å². The summed E-state index contributed by atoms with van der Waals surface area (Å²) in [7, 11) is 0. The predicted molar refractivity (Wildman–Crippen MR) is 86.9 cm³/mol. The molecule has 0 amide bonds. The van der Waals surface area contributed by atoms with E-state index >= 15 is 0 Å². The molecule has 2 aliphatic rings. The van der Waals surface area contributed by atoms with Crippen molar-refractivity contribution in [1.82, 2.24) is 4.90 Å². The van der Waals surface area contributed by atoms with Gasteiger partial charge in [-0.25, -0.2) is 4.39 Å². The van der Waals surface area contributed by atoms with Gasteiger partial charge in [0.15, 0.2) is 0 Å². The normalized spacial score (nSPS) is 27.5. The number of carboxylic acid groups (broad SMARTS) is 1. The van der Waals surface area contributed by atoms with E-state index in [4.69, 9.17) is 21.5 Å². The maximum atomic E-state index is 13.1. The first kappa shape index (κ1) is 18.2. The molecule has 1 spiro atoms. The maximum Gasteiger partial charge on any atom is 0.290 e. The van der Waals surface area contributed by atoms with E-state index in [1.807, 2.05) is 0 Å². The summed E-state index contributed by atoms with van der Waals surface area (Å²) in [5.74, 6) is -0.292. The summed E-state index contributed by atoms with van der Waals surface area (Å²) in [6.07, 6.45) is 5.28. The van der Waals surface area contributed by atoms with Crippen LogP contribution in [0.25, 0.3) is 0 Å². The van der Waals surface area contributed by atoms with E-state index < -0.39 is 0 Å². The van der Waals surface area contributed by atoms with Gasteiger partial charge in [0.25, 0.3) is 6.47 Å². The molecule has 0 radical (unpaired) electrons. The summed E-state index contributed by atoms with van der Waals surface area (Å²) in [5.41, 5.74) is 1.06. The van der Waals surface area contributed by atoms with Gasteiger partial charge in [-0.15, -0.1) is 0 Å². The Bertz CT molecular complexity index is 543. The summed E-state index contributed by atoms with van der Waals surface area (Å²) < 4.78 is 13.1. The Morgan fingerprint density at radius 2 is 2.09 bits per heavy atom. The molecule has 1 saturated carbocycles. The third kappa shape index (κ3) is 4.43. The van der Waals surface area contributed by atoms with Crippen LogP contribution < -0.4 is 0 Å². The molecule has 1 aromatic rings. The third-order valence-corrected chi connectivity index (χ3v) is 5.31. The van der Waals surface area contributed by atoms with E-state index in [0.717, 1.165) is 57.3 Å². The number of halogens is 2. The Labute approximate surface area is 140 Å². The van der Waals surface area contributed by atoms with Gasteiger partial charge in [0.2, 0.25) is 0 Å². The number of aliphatic hydroxyl groups excluding tert-OH is 1. The van der Waals surface area contributed by atoms with Crippen molar-refractivity contribution in [3.05, 3.63) is 34.6 Å². The lowest BCUT2D eigenvalue weighted by Crippen LogP contribution is -2.46. The topological polar surface area (TPSA) is 60.8 Å². The Hall–Kier alpha value is -1.17.